The molecule has 0 unspecified atom stereocenters. The number of carbonyl (C=O) groups excluding carboxylic acids is 2. The van der Waals surface area contributed by atoms with Gasteiger partial charge in [-0.15, -0.1) is 0 Å². The van der Waals surface area contributed by atoms with E-state index in [2.05, 4.69) is 44.8 Å². The second kappa shape index (κ2) is 21.6. The monoisotopic (exact) mass is 831 g/mol. The fourth-order valence-electron chi connectivity index (χ4n) is 9.68. The van der Waals surface area contributed by atoms with Crippen LogP contribution in [0.1, 0.15) is 116 Å². The van der Waals surface area contributed by atoms with Gasteiger partial charge in [-0.2, -0.15) is 0 Å². The molecule has 3 rings (SSSR count). The third-order valence-electron chi connectivity index (χ3n) is 14.1. The lowest BCUT2D eigenvalue weighted by atomic mass is 9.72. The Morgan fingerprint density at radius 2 is 1.59 bits per heavy atom. The number of ether oxygens (including phenoxy) is 7. The molecular weight excluding hydrogens is 748 g/mol. The fourth-order valence-corrected chi connectivity index (χ4v) is 9.68. The molecule has 3 saturated heterocycles. The Hall–Kier alpha value is -1.46. The average Bonchev–Trinajstić information content (AvgIpc) is 3.16. The van der Waals surface area contributed by atoms with Gasteiger partial charge in [0.2, 0.25) is 5.91 Å². The number of amides is 1. The molecule has 3 fully saturated rings. The molecule has 1 amide bonds. The molecule has 0 aromatic heterocycles. The van der Waals surface area contributed by atoms with Crippen molar-refractivity contribution in [2.24, 2.45) is 41.4 Å². The summed E-state index contributed by atoms with van der Waals surface area (Å²) in [4.78, 5) is 29.1. The Morgan fingerprint density at radius 1 is 0.948 bits per heavy atom. The Morgan fingerprint density at radius 3 is 2.16 bits per heavy atom. The summed E-state index contributed by atoms with van der Waals surface area (Å²) in [5.41, 5.74) is -2.61. The van der Waals surface area contributed by atoms with E-state index in [-0.39, 0.29) is 67.1 Å². The zero-order valence-electron chi connectivity index (χ0n) is 38.6. The van der Waals surface area contributed by atoms with Crippen molar-refractivity contribution in [1.82, 2.24) is 10.2 Å². The number of cyclic esters (lactones) is 1. The van der Waals surface area contributed by atoms with E-state index < -0.39 is 84.3 Å². The molecule has 3 heterocycles. The molecule has 340 valence electrons. The predicted molar refractivity (Wildman–Crippen MR) is 221 cm³/mol. The number of rotatable bonds is 12. The van der Waals surface area contributed by atoms with Crippen molar-refractivity contribution in [3.63, 3.8) is 0 Å². The Kier molecular flexibility index (Phi) is 18.9. The molecular formula is C44H82N2O12. The fraction of sp³-hybridized carbons (Fsp3) is 0.955. The van der Waals surface area contributed by atoms with E-state index >= 15 is 0 Å². The van der Waals surface area contributed by atoms with Crippen LogP contribution < -0.4 is 5.32 Å². The first-order chi connectivity index (χ1) is 26.9. The van der Waals surface area contributed by atoms with Crippen LogP contribution >= 0.6 is 0 Å². The molecule has 0 spiro atoms. The van der Waals surface area contributed by atoms with E-state index in [1.165, 1.54) is 7.11 Å². The number of aliphatic hydroxyl groups excluding tert-OH is 2. The van der Waals surface area contributed by atoms with Crippen LogP contribution in [0, 0.1) is 41.4 Å². The average molecular weight is 831 g/mol. The zero-order chi connectivity index (χ0) is 44.0. The van der Waals surface area contributed by atoms with Crippen LogP contribution in [0.4, 0.5) is 0 Å². The second-order valence-electron chi connectivity index (χ2n) is 19.0. The van der Waals surface area contributed by atoms with Gasteiger partial charge in [0.05, 0.1) is 47.6 Å². The van der Waals surface area contributed by atoms with Gasteiger partial charge >= 0.3 is 5.97 Å². The molecule has 0 bridgehead atoms. The summed E-state index contributed by atoms with van der Waals surface area (Å²) in [5.74, 6) is -2.98. The number of likely N-dealkylation sites (N-methyl/N-ethyl adjacent to an activating group) is 1. The summed E-state index contributed by atoms with van der Waals surface area (Å²) in [5, 5.41) is 38.5. The topological polar surface area (TPSA) is 175 Å². The highest BCUT2D eigenvalue weighted by molar-refractivity contribution is 5.76. The number of methoxy groups -OCH3 is 1. The van der Waals surface area contributed by atoms with Crippen molar-refractivity contribution in [3.05, 3.63) is 0 Å². The number of esters is 1. The highest BCUT2D eigenvalue weighted by atomic mass is 16.7. The number of hydrogen-bond acceptors (Lipinski definition) is 13. The van der Waals surface area contributed by atoms with E-state index in [9.17, 15) is 24.9 Å². The van der Waals surface area contributed by atoms with E-state index in [0.29, 0.717) is 19.4 Å². The molecule has 14 nitrogen and oxygen atoms in total. The van der Waals surface area contributed by atoms with Crippen LogP contribution in [-0.2, 0) is 42.7 Å². The molecule has 14 heteroatoms. The van der Waals surface area contributed by atoms with Gasteiger partial charge in [-0.3, -0.25) is 9.59 Å². The van der Waals surface area contributed by atoms with Gasteiger partial charge in [0.15, 0.2) is 12.6 Å². The number of nitrogens with one attached hydrogen (secondary N) is 1. The highest BCUT2D eigenvalue weighted by Gasteiger charge is 2.52. The minimum atomic E-state index is -1.62. The predicted octanol–water partition coefficient (Wildman–Crippen LogP) is 4.53. The van der Waals surface area contributed by atoms with Crippen molar-refractivity contribution in [2.75, 3.05) is 34.4 Å². The smallest absolute Gasteiger partial charge is 0.311 e. The number of hydrogen-bond donors (Lipinski definition) is 4. The van der Waals surface area contributed by atoms with Crippen LogP contribution in [0.15, 0.2) is 0 Å². The number of carbonyl (C=O) groups is 2. The SMILES string of the molecule is CC[C@H]1OC(=O)[C@H](C)[C@@H](O[C@H]2C[C@@](C)(OC)[C@@H](O)[C@H](C)O2)[C@H](C)[C@@H](O[C@@H]2O[C@H](C)C[C@H](CN(C)C(C)C)[C@H]2O)[C@](C)(O)C[C@@H](C)[C@H](OCC(=O)NC)[C@H](C)[C@@H](C)[C@H]1C. The normalized spacial score (nSPS) is 45.1. The number of nitrogens with zero attached hydrogens (tertiary/aromatic N) is 1. The molecule has 19 atom stereocenters. The molecule has 0 radical (unpaired) electrons. The maximum atomic E-state index is 14.4. The van der Waals surface area contributed by atoms with E-state index in [0.717, 1.165) is 0 Å². The minimum absolute atomic E-state index is 0.0143. The van der Waals surface area contributed by atoms with Gasteiger partial charge in [-0.1, -0.05) is 41.5 Å². The van der Waals surface area contributed by atoms with Gasteiger partial charge in [0.1, 0.15) is 24.9 Å². The summed E-state index contributed by atoms with van der Waals surface area (Å²) in [6, 6.07) is 0.260. The van der Waals surface area contributed by atoms with Gasteiger partial charge in [0, 0.05) is 45.0 Å². The van der Waals surface area contributed by atoms with Crippen molar-refractivity contribution in [2.45, 2.75) is 194 Å². The van der Waals surface area contributed by atoms with Gasteiger partial charge in [-0.25, -0.2) is 0 Å². The van der Waals surface area contributed by atoms with Crippen LogP contribution in [0.3, 0.4) is 0 Å². The molecule has 0 aromatic rings. The van der Waals surface area contributed by atoms with Gasteiger partial charge in [0.25, 0.3) is 0 Å². The van der Waals surface area contributed by atoms with Gasteiger partial charge < -0.3 is 58.7 Å². The summed E-state index contributed by atoms with van der Waals surface area (Å²) >= 11 is 0. The first kappa shape index (κ1) is 50.9. The summed E-state index contributed by atoms with van der Waals surface area (Å²) in [6.07, 6.45) is -6.21. The third-order valence-corrected chi connectivity index (χ3v) is 14.1. The molecule has 0 aromatic carbocycles. The maximum Gasteiger partial charge on any atom is 0.311 e. The largest absolute Gasteiger partial charge is 0.462 e. The molecule has 58 heavy (non-hydrogen) atoms. The molecule has 4 N–H and O–H groups in total. The lowest BCUT2D eigenvalue weighted by molar-refractivity contribution is -0.319. The lowest BCUT2D eigenvalue weighted by Crippen LogP contribution is -2.60. The number of aliphatic hydroxyl groups is 3. The molecule has 0 aliphatic carbocycles. The Balaban J connectivity index is 2.20. The lowest BCUT2D eigenvalue weighted by Gasteiger charge is -2.49. The Bertz CT molecular complexity index is 1290. The Labute approximate surface area is 349 Å². The zero-order valence-corrected chi connectivity index (χ0v) is 38.6. The van der Waals surface area contributed by atoms with Crippen molar-refractivity contribution in [3.8, 4) is 0 Å². The third kappa shape index (κ3) is 12.3. The summed E-state index contributed by atoms with van der Waals surface area (Å²) in [6.45, 7) is 25.8. The highest BCUT2D eigenvalue weighted by Crippen LogP contribution is 2.42. The molecule has 0 saturated carbocycles. The van der Waals surface area contributed by atoms with Crippen LogP contribution in [0.5, 0.6) is 0 Å². The van der Waals surface area contributed by atoms with E-state index in [4.69, 9.17) is 33.2 Å². The second-order valence-corrected chi connectivity index (χ2v) is 19.0. The summed E-state index contributed by atoms with van der Waals surface area (Å²) < 4.78 is 44.9. The van der Waals surface area contributed by atoms with Crippen LogP contribution in [0.25, 0.3) is 0 Å². The standard InChI is InChI=1S/C44H82N2O12/c1-17-33-27(7)26(6)28(8)37(53-22-34(47)45-14)24(4)19-43(12,51)40(58-42-36(48)32(18-25(5)54-42)21-46(15)23(2)3)29(9)38(30(10)41(50)56-33)57-35-20-44(13,52-16)39(49)31(11)55-35/h23-33,35-40,42,48-49,51H,17-22H2,1-16H3,(H,45,47)/t24-,25-,26+,27-,28-,29+,30-,31+,32-,33-,35+,36-,37+,38+,39+,40-,42+,43-,44-/m1/s1. The van der Waals surface area contributed by atoms with E-state index in [1.807, 2.05) is 34.7 Å². The van der Waals surface area contributed by atoms with Crippen LogP contribution in [-0.4, -0.2) is 145 Å². The minimum Gasteiger partial charge on any atom is -0.462 e. The van der Waals surface area contributed by atoms with Crippen molar-refractivity contribution >= 4 is 11.9 Å². The van der Waals surface area contributed by atoms with E-state index in [1.54, 1.807) is 34.7 Å². The van der Waals surface area contributed by atoms with Crippen molar-refractivity contribution < 1.29 is 58.1 Å². The molecule has 3 aliphatic heterocycles. The van der Waals surface area contributed by atoms with Crippen LogP contribution in [0.2, 0.25) is 0 Å². The quantitative estimate of drug-likeness (QED) is 0.202. The van der Waals surface area contributed by atoms with Gasteiger partial charge in [-0.05, 0) is 98.4 Å². The molecule has 3 aliphatic rings. The van der Waals surface area contributed by atoms with Crippen molar-refractivity contribution in [1.29, 1.82) is 0 Å². The first-order valence-electron chi connectivity index (χ1n) is 21.9. The summed E-state index contributed by atoms with van der Waals surface area (Å²) in [7, 11) is 5.13. The maximum absolute atomic E-state index is 14.4. The first-order valence-corrected chi connectivity index (χ1v) is 21.9.